The highest BCUT2D eigenvalue weighted by molar-refractivity contribution is 5.82. The molecule has 1 aromatic heterocycles. The van der Waals surface area contributed by atoms with Gasteiger partial charge >= 0.3 is 0 Å². The van der Waals surface area contributed by atoms with Crippen LogP contribution in [-0.4, -0.2) is 56.7 Å². The summed E-state index contributed by atoms with van der Waals surface area (Å²) in [6.45, 7) is 12.2. The third-order valence-electron chi connectivity index (χ3n) is 6.54. The van der Waals surface area contributed by atoms with Gasteiger partial charge in [0, 0.05) is 25.2 Å². The number of ether oxygens (including phenoxy) is 1. The molecule has 6 nitrogen and oxygen atoms in total. The van der Waals surface area contributed by atoms with Crippen molar-refractivity contribution in [2.24, 2.45) is 0 Å². The SMILES string of the molecule is C=C(N1CCC(C)(O)CC1)N1CCOc2ccc(-c3ccc4nc(C)[nH]c4c3)cc2C1. The van der Waals surface area contributed by atoms with Gasteiger partial charge in [-0.2, -0.15) is 0 Å². The van der Waals surface area contributed by atoms with Crippen LogP contribution >= 0.6 is 0 Å². The lowest BCUT2D eigenvalue weighted by Gasteiger charge is -2.41. The van der Waals surface area contributed by atoms with Crippen molar-refractivity contribution >= 4 is 11.0 Å². The number of rotatable bonds is 3. The first-order valence-corrected chi connectivity index (χ1v) is 11.0. The van der Waals surface area contributed by atoms with Crippen molar-refractivity contribution in [3.05, 3.63) is 60.2 Å². The highest BCUT2D eigenvalue weighted by atomic mass is 16.5. The molecule has 0 atom stereocenters. The van der Waals surface area contributed by atoms with Gasteiger partial charge in [0.2, 0.25) is 0 Å². The van der Waals surface area contributed by atoms with E-state index >= 15 is 0 Å². The Morgan fingerprint density at radius 3 is 2.65 bits per heavy atom. The molecule has 3 heterocycles. The van der Waals surface area contributed by atoms with E-state index in [1.165, 1.54) is 5.56 Å². The number of aromatic nitrogens is 2. The molecule has 0 aliphatic carbocycles. The van der Waals surface area contributed by atoms with E-state index in [2.05, 4.69) is 62.7 Å². The van der Waals surface area contributed by atoms with Gasteiger partial charge in [-0.1, -0.05) is 18.7 Å². The number of imidazole rings is 1. The Kier molecular flexibility index (Phi) is 4.89. The van der Waals surface area contributed by atoms with Gasteiger partial charge in [0.15, 0.2) is 0 Å². The summed E-state index contributed by atoms with van der Waals surface area (Å²) in [4.78, 5) is 12.4. The van der Waals surface area contributed by atoms with Gasteiger partial charge in [0.25, 0.3) is 0 Å². The number of nitrogens with one attached hydrogen (secondary N) is 1. The maximum absolute atomic E-state index is 10.3. The molecule has 2 aliphatic rings. The van der Waals surface area contributed by atoms with E-state index in [0.29, 0.717) is 6.61 Å². The van der Waals surface area contributed by atoms with Gasteiger partial charge in [0.05, 0.1) is 29.0 Å². The number of likely N-dealkylation sites (tertiary alicyclic amines) is 1. The quantitative estimate of drug-likeness (QED) is 0.672. The Bertz CT molecular complexity index is 1120. The van der Waals surface area contributed by atoms with E-state index in [9.17, 15) is 5.11 Å². The molecule has 0 amide bonds. The number of piperidine rings is 1. The second kappa shape index (κ2) is 7.61. The highest BCUT2D eigenvalue weighted by Gasteiger charge is 2.29. The van der Waals surface area contributed by atoms with Crippen molar-refractivity contribution in [2.45, 2.75) is 38.8 Å². The van der Waals surface area contributed by atoms with Crippen molar-refractivity contribution in [3.63, 3.8) is 0 Å². The summed E-state index contributed by atoms with van der Waals surface area (Å²) in [5.41, 5.74) is 4.97. The molecule has 2 N–H and O–H groups in total. The van der Waals surface area contributed by atoms with Gasteiger partial charge in [0.1, 0.15) is 18.2 Å². The Hall–Kier alpha value is -2.99. The Labute approximate surface area is 183 Å². The Balaban J connectivity index is 1.39. The monoisotopic (exact) mass is 418 g/mol. The zero-order valence-corrected chi connectivity index (χ0v) is 18.3. The summed E-state index contributed by atoms with van der Waals surface area (Å²) in [5.74, 6) is 2.89. The van der Waals surface area contributed by atoms with Crippen LogP contribution in [0.5, 0.6) is 5.75 Å². The third kappa shape index (κ3) is 4.00. The molecule has 5 rings (SSSR count). The van der Waals surface area contributed by atoms with Crippen LogP contribution in [0.3, 0.4) is 0 Å². The third-order valence-corrected chi connectivity index (χ3v) is 6.54. The lowest BCUT2D eigenvalue weighted by Crippen LogP contribution is -2.45. The van der Waals surface area contributed by atoms with Crippen LogP contribution in [0.15, 0.2) is 48.8 Å². The molecule has 0 radical (unpaired) electrons. The van der Waals surface area contributed by atoms with Crippen LogP contribution in [-0.2, 0) is 6.54 Å². The van der Waals surface area contributed by atoms with Gasteiger partial charge in [-0.15, -0.1) is 0 Å². The zero-order valence-electron chi connectivity index (χ0n) is 18.3. The number of H-pyrrole nitrogens is 1. The van der Waals surface area contributed by atoms with Crippen LogP contribution in [0.25, 0.3) is 22.2 Å². The van der Waals surface area contributed by atoms with E-state index < -0.39 is 5.60 Å². The fourth-order valence-corrected chi connectivity index (χ4v) is 4.56. The summed E-state index contributed by atoms with van der Waals surface area (Å²) < 4.78 is 6.06. The van der Waals surface area contributed by atoms with Gasteiger partial charge in [-0.05, 0) is 62.1 Å². The topological polar surface area (TPSA) is 64.6 Å². The molecule has 2 aromatic carbocycles. The number of hydrogen-bond acceptors (Lipinski definition) is 5. The summed E-state index contributed by atoms with van der Waals surface area (Å²) in [7, 11) is 0. The first-order chi connectivity index (χ1) is 14.9. The van der Waals surface area contributed by atoms with Crippen LogP contribution in [0.2, 0.25) is 0 Å². The lowest BCUT2D eigenvalue weighted by molar-refractivity contribution is -0.00467. The molecule has 2 aliphatic heterocycles. The van der Waals surface area contributed by atoms with E-state index in [4.69, 9.17) is 4.74 Å². The average Bonchev–Trinajstić information content (AvgIpc) is 2.98. The van der Waals surface area contributed by atoms with Crippen molar-refractivity contribution in [1.29, 1.82) is 0 Å². The van der Waals surface area contributed by atoms with Crippen LogP contribution in [0.1, 0.15) is 31.2 Å². The number of fused-ring (bicyclic) bond motifs is 2. The number of aliphatic hydroxyl groups is 1. The highest BCUT2D eigenvalue weighted by Crippen LogP contribution is 2.32. The molecular formula is C25H30N4O2. The second-order valence-corrected chi connectivity index (χ2v) is 9.05. The molecule has 0 unspecified atom stereocenters. The predicted molar refractivity (Wildman–Crippen MR) is 123 cm³/mol. The van der Waals surface area contributed by atoms with Gasteiger partial charge < -0.3 is 24.6 Å². The maximum atomic E-state index is 10.3. The first kappa shape index (κ1) is 19.9. The second-order valence-electron chi connectivity index (χ2n) is 9.05. The van der Waals surface area contributed by atoms with Crippen molar-refractivity contribution in [2.75, 3.05) is 26.2 Å². The number of aromatic amines is 1. The molecule has 0 bridgehead atoms. The molecule has 0 saturated carbocycles. The fraction of sp³-hybridized carbons (Fsp3) is 0.400. The minimum atomic E-state index is -0.561. The number of aryl methyl sites for hydroxylation is 1. The number of hydrogen-bond donors (Lipinski definition) is 2. The average molecular weight is 419 g/mol. The normalized spacial score (nSPS) is 18.4. The van der Waals surface area contributed by atoms with Crippen LogP contribution in [0.4, 0.5) is 0 Å². The maximum Gasteiger partial charge on any atom is 0.124 e. The summed E-state index contributed by atoms with van der Waals surface area (Å²) in [6.07, 6.45) is 1.54. The van der Waals surface area contributed by atoms with Crippen molar-refractivity contribution < 1.29 is 9.84 Å². The van der Waals surface area contributed by atoms with Gasteiger partial charge in [-0.25, -0.2) is 4.98 Å². The summed E-state index contributed by atoms with van der Waals surface area (Å²) in [5, 5.41) is 10.3. The van der Waals surface area contributed by atoms with E-state index in [1.807, 2.05) is 13.8 Å². The Morgan fingerprint density at radius 1 is 1.10 bits per heavy atom. The molecule has 1 saturated heterocycles. The van der Waals surface area contributed by atoms with Crippen molar-refractivity contribution in [1.82, 2.24) is 19.8 Å². The number of benzene rings is 2. The summed E-state index contributed by atoms with van der Waals surface area (Å²) >= 11 is 0. The van der Waals surface area contributed by atoms with E-state index in [1.54, 1.807) is 0 Å². The minimum absolute atomic E-state index is 0.561. The van der Waals surface area contributed by atoms with E-state index in [0.717, 1.165) is 78.6 Å². The predicted octanol–water partition coefficient (Wildman–Crippen LogP) is 4.05. The minimum Gasteiger partial charge on any atom is -0.491 e. The molecule has 1 fully saturated rings. The van der Waals surface area contributed by atoms with Crippen LogP contribution < -0.4 is 4.74 Å². The largest absolute Gasteiger partial charge is 0.491 e. The van der Waals surface area contributed by atoms with Gasteiger partial charge in [-0.3, -0.25) is 0 Å². The molecule has 3 aromatic rings. The standard InChI is InChI=1S/C25H30N4O2/c1-17-26-22-6-4-20(15-23(22)27-17)19-5-7-24-21(14-19)16-29(12-13-31-24)18(2)28-10-8-25(3,30)9-11-28/h4-7,14-15,30H,2,8-13,16H2,1,3H3,(H,26,27). The fourth-order valence-electron chi connectivity index (χ4n) is 4.56. The first-order valence-electron chi connectivity index (χ1n) is 11.0. The molecular weight excluding hydrogens is 388 g/mol. The number of nitrogens with zero attached hydrogens (tertiary/aromatic N) is 3. The summed E-state index contributed by atoms with van der Waals surface area (Å²) in [6, 6.07) is 12.8. The smallest absolute Gasteiger partial charge is 0.124 e. The zero-order chi connectivity index (χ0) is 21.6. The molecule has 0 spiro atoms. The van der Waals surface area contributed by atoms with Crippen LogP contribution in [0, 0.1) is 6.92 Å². The van der Waals surface area contributed by atoms with Crippen molar-refractivity contribution in [3.8, 4) is 16.9 Å². The Morgan fingerprint density at radius 2 is 1.84 bits per heavy atom. The van der Waals surface area contributed by atoms with E-state index in [-0.39, 0.29) is 0 Å². The molecule has 31 heavy (non-hydrogen) atoms. The lowest BCUT2D eigenvalue weighted by atomic mass is 9.94. The molecule has 6 heteroatoms. The molecule has 162 valence electrons.